The molecule has 0 amide bonds. The summed E-state index contributed by atoms with van der Waals surface area (Å²) in [6.45, 7) is 4.72. The molecule has 1 rings (SSSR count). The van der Waals surface area contributed by atoms with Gasteiger partial charge in [-0.3, -0.25) is 0 Å². The van der Waals surface area contributed by atoms with Gasteiger partial charge < -0.3 is 5.32 Å². The number of rotatable bonds is 7. The molecule has 0 heterocycles. The maximum atomic E-state index is 5.34. The SMILES string of the molecule is C#Cc1cccc(NCCCCCC=C)c1. The second-order valence-corrected chi connectivity index (χ2v) is 3.79. The topological polar surface area (TPSA) is 12.0 Å². The predicted octanol–water partition coefficient (Wildman–Crippen LogP) is 3.83. The molecule has 0 unspecified atom stereocenters. The summed E-state index contributed by atoms with van der Waals surface area (Å²) in [4.78, 5) is 0. The fourth-order valence-electron chi connectivity index (χ4n) is 1.54. The summed E-state index contributed by atoms with van der Waals surface area (Å²) >= 11 is 0. The van der Waals surface area contributed by atoms with Gasteiger partial charge in [-0.15, -0.1) is 13.0 Å². The molecule has 1 aromatic carbocycles. The minimum atomic E-state index is 0.927. The van der Waals surface area contributed by atoms with Gasteiger partial charge in [-0.2, -0.15) is 0 Å². The fourth-order valence-corrected chi connectivity index (χ4v) is 1.54. The maximum absolute atomic E-state index is 5.34. The summed E-state index contributed by atoms with van der Waals surface area (Å²) in [6.07, 6.45) is 12.1. The molecule has 1 heteroatoms. The van der Waals surface area contributed by atoms with Crippen LogP contribution in [0.4, 0.5) is 5.69 Å². The van der Waals surface area contributed by atoms with Crippen molar-refractivity contribution in [2.24, 2.45) is 0 Å². The van der Waals surface area contributed by atoms with Gasteiger partial charge in [0, 0.05) is 17.8 Å². The quantitative estimate of drug-likeness (QED) is 0.412. The van der Waals surface area contributed by atoms with E-state index in [0.717, 1.165) is 24.2 Å². The third-order valence-corrected chi connectivity index (χ3v) is 2.44. The van der Waals surface area contributed by atoms with Crippen LogP contribution in [0, 0.1) is 12.3 Å². The molecule has 0 aliphatic rings. The highest BCUT2D eigenvalue weighted by Gasteiger charge is 1.93. The average Bonchev–Trinajstić information content (AvgIpc) is 2.34. The Bertz CT molecular complexity index is 360. The van der Waals surface area contributed by atoms with Crippen molar-refractivity contribution in [3.05, 3.63) is 42.5 Å². The molecule has 0 bridgehead atoms. The van der Waals surface area contributed by atoms with Crippen LogP contribution in [0.5, 0.6) is 0 Å². The van der Waals surface area contributed by atoms with Crippen molar-refractivity contribution in [1.82, 2.24) is 0 Å². The van der Waals surface area contributed by atoms with Crippen LogP contribution in [0.1, 0.15) is 31.2 Å². The van der Waals surface area contributed by atoms with Crippen molar-refractivity contribution in [2.45, 2.75) is 25.7 Å². The van der Waals surface area contributed by atoms with Gasteiger partial charge in [-0.25, -0.2) is 0 Å². The zero-order valence-corrected chi connectivity index (χ0v) is 9.71. The van der Waals surface area contributed by atoms with E-state index in [1.54, 1.807) is 0 Å². The van der Waals surface area contributed by atoms with Crippen LogP contribution >= 0.6 is 0 Å². The molecule has 1 N–H and O–H groups in total. The maximum Gasteiger partial charge on any atom is 0.0352 e. The van der Waals surface area contributed by atoms with Gasteiger partial charge in [0.2, 0.25) is 0 Å². The summed E-state index contributed by atoms with van der Waals surface area (Å²) in [5, 5.41) is 3.37. The number of benzene rings is 1. The van der Waals surface area contributed by atoms with E-state index in [-0.39, 0.29) is 0 Å². The van der Waals surface area contributed by atoms with Crippen molar-refractivity contribution in [3.63, 3.8) is 0 Å². The summed E-state index contributed by atoms with van der Waals surface area (Å²) in [5.41, 5.74) is 2.04. The summed E-state index contributed by atoms with van der Waals surface area (Å²) < 4.78 is 0. The van der Waals surface area contributed by atoms with E-state index in [4.69, 9.17) is 6.42 Å². The molecule has 16 heavy (non-hydrogen) atoms. The number of hydrogen-bond donors (Lipinski definition) is 1. The van der Waals surface area contributed by atoms with Crippen LogP contribution in [0.25, 0.3) is 0 Å². The van der Waals surface area contributed by atoms with E-state index in [1.165, 1.54) is 19.3 Å². The number of allylic oxidation sites excluding steroid dienone is 1. The Morgan fingerprint density at radius 3 is 2.94 bits per heavy atom. The number of anilines is 1. The Hall–Kier alpha value is -1.68. The lowest BCUT2D eigenvalue weighted by molar-refractivity contribution is 0.709. The number of nitrogens with one attached hydrogen (secondary N) is 1. The lowest BCUT2D eigenvalue weighted by Crippen LogP contribution is -2.01. The molecular weight excluding hydrogens is 194 g/mol. The molecule has 0 saturated heterocycles. The molecule has 0 aliphatic heterocycles. The molecule has 1 nitrogen and oxygen atoms in total. The first-order valence-corrected chi connectivity index (χ1v) is 5.78. The van der Waals surface area contributed by atoms with E-state index >= 15 is 0 Å². The van der Waals surface area contributed by atoms with Crippen molar-refractivity contribution >= 4 is 5.69 Å². The van der Waals surface area contributed by atoms with Crippen LogP contribution < -0.4 is 5.32 Å². The smallest absolute Gasteiger partial charge is 0.0352 e. The lowest BCUT2D eigenvalue weighted by atomic mass is 10.2. The fraction of sp³-hybridized carbons (Fsp3) is 0.333. The highest BCUT2D eigenvalue weighted by atomic mass is 14.9. The van der Waals surface area contributed by atoms with Crippen LogP contribution in [0.2, 0.25) is 0 Å². The first-order chi connectivity index (χ1) is 7.86. The van der Waals surface area contributed by atoms with E-state index in [2.05, 4.69) is 17.8 Å². The zero-order chi connectivity index (χ0) is 11.6. The third kappa shape index (κ3) is 4.70. The van der Waals surface area contributed by atoms with Crippen molar-refractivity contribution in [3.8, 4) is 12.3 Å². The van der Waals surface area contributed by atoms with Gasteiger partial charge in [-0.05, 0) is 37.5 Å². The molecular formula is C15H19N. The average molecular weight is 213 g/mol. The Labute approximate surface area is 98.6 Å². The highest BCUT2D eigenvalue weighted by Crippen LogP contribution is 2.10. The molecule has 0 atom stereocenters. The molecule has 0 spiro atoms. The van der Waals surface area contributed by atoms with E-state index in [1.807, 2.05) is 30.3 Å². The number of unbranched alkanes of at least 4 members (excludes halogenated alkanes) is 3. The first kappa shape index (κ1) is 12.4. The molecule has 0 aliphatic carbocycles. The van der Waals surface area contributed by atoms with Crippen LogP contribution in [-0.2, 0) is 0 Å². The highest BCUT2D eigenvalue weighted by molar-refractivity contribution is 5.49. The molecule has 84 valence electrons. The molecule has 0 radical (unpaired) electrons. The van der Waals surface area contributed by atoms with Crippen molar-refractivity contribution in [1.29, 1.82) is 0 Å². The largest absolute Gasteiger partial charge is 0.385 e. The Kier molecular flexibility index (Phi) is 5.88. The first-order valence-electron chi connectivity index (χ1n) is 5.78. The van der Waals surface area contributed by atoms with E-state index < -0.39 is 0 Å². The Morgan fingerprint density at radius 1 is 1.31 bits per heavy atom. The summed E-state index contributed by atoms with van der Waals surface area (Å²) in [7, 11) is 0. The summed E-state index contributed by atoms with van der Waals surface area (Å²) in [5.74, 6) is 2.63. The summed E-state index contributed by atoms with van der Waals surface area (Å²) in [6, 6.07) is 7.97. The molecule has 1 aromatic rings. The van der Waals surface area contributed by atoms with Gasteiger partial charge in [0.15, 0.2) is 0 Å². The van der Waals surface area contributed by atoms with Crippen molar-refractivity contribution in [2.75, 3.05) is 11.9 Å². The minimum absolute atomic E-state index is 0.927. The van der Waals surface area contributed by atoms with E-state index in [9.17, 15) is 0 Å². The minimum Gasteiger partial charge on any atom is -0.385 e. The predicted molar refractivity (Wildman–Crippen MR) is 71.5 cm³/mol. The number of hydrogen-bond acceptors (Lipinski definition) is 1. The van der Waals surface area contributed by atoms with Gasteiger partial charge in [0.1, 0.15) is 0 Å². The lowest BCUT2D eigenvalue weighted by Gasteiger charge is -2.06. The van der Waals surface area contributed by atoms with Crippen molar-refractivity contribution < 1.29 is 0 Å². The molecule has 0 aromatic heterocycles. The van der Waals surface area contributed by atoms with Crippen LogP contribution in [-0.4, -0.2) is 6.54 Å². The monoisotopic (exact) mass is 213 g/mol. The van der Waals surface area contributed by atoms with Crippen LogP contribution in [0.3, 0.4) is 0 Å². The van der Waals surface area contributed by atoms with Gasteiger partial charge in [0.25, 0.3) is 0 Å². The second kappa shape index (κ2) is 7.59. The molecule has 0 saturated carbocycles. The van der Waals surface area contributed by atoms with Gasteiger partial charge >= 0.3 is 0 Å². The number of terminal acetylenes is 1. The van der Waals surface area contributed by atoms with Gasteiger partial charge in [-0.1, -0.05) is 24.5 Å². The second-order valence-electron chi connectivity index (χ2n) is 3.79. The van der Waals surface area contributed by atoms with Gasteiger partial charge in [0.05, 0.1) is 0 Å². The Balaban J connectivity index is 2.21. The van der Waals surface area contributed by atoms with E-state index in [0.29, 0.717) is 0 Å². The standard InChI is InChI=1S/C15H19N/c1-3-5-6-7-8-12-16-15-11-9-10-14(4-2)13-15/h2-3,9-11,13,16H,1,5-8,12H2. The Morgan fingerprint density at radius 2 is 2.19 bits per heavy atom. The van der Waals surface area contributed by atoms with Crippen LogP contribution in [0.15, 0.2) is 36.9 Å². The normalized spacial score (nSPS) is 9.44. The zero-order valence-electron chi connectivity index (χ0n) is 9.71. The molecule has 0 fully saturated rings. The third-order valence-electron chi connectivity index (χ3n) is 2.44.